The third kappa shape index (κ3) is 3.72. The summed E-state index contributed by atoms with van der Waals surface area (Å²) in [7, 11) is 0. The number of aromatic nitrogens is 4. The van der Waals surface area contributed by atoms with Crippen LogP contribution < -0.4 is 5.32 Å². The van der Waals surface area contributed by atoms with Crippen LogP contribution >= 0.6 is 0 Å². The van der Waals surface area contributed by atoms with E-state index >= 15 is 0 Å². The SMILES string of the molecule is Cc1cccc(-c2noc(C(C)NC(=O)Cc3ccc4nc[nH]c4c3)n2)c1. The van der Waals surface area contributed by atoms with Gasteiger partial charge in [0.1, 0.15) is 6.04 Å². The fraction of sp³-hybridized carbons (Fsp3) is 0.200. The molecule has 27 heavy (non-hydrogen) atoms. The van der Waals surface area contributed by atoms with Crippen LogP contribution in [0.25, 0.3) is 22.4 Å². The molecule has 0 saturated carbocycles. The first-order valence-electron chi connectivity index (χ1n) is 8.70. The molecule has 2 N–H and O–H groups in total. The van der Waals surface area contributed by atoms with Crippen molar-refractivity contribution in [3.05, 3.63) is 65.8 Å². The molecular weight excluding hydrogens is 342 g/mol. The molecule has 2 aromatic heterocycles. The van der Waals surface area contributed by atoms with E-state index in [2.05, 4.69) is 25.4 Å². The second-order valence-corrected chi connectivity index (χ2v) is 6.55. The summed E-state index contributed by atoms with van der Waals surface area (Å²) in [5.74, 6) is 0.778. The Labute approximate surface area is 155 Å². The summed E-state index contributed by atoms with van der Waals surface area (Å²) < 4.78 is 5.33. The molecule has 7 nitrogen and oxygen atoms in total. The Hall–Kier alpha value is -3.48. The lowest BCUT2D eigenvalue weighted by Gasteiger charge is -2.09. The van der Waals surface area contributed by atoms with Crippen molar-refractivity contribution in [3.8, 4) is 11.4 Å². The summed E-state index contributed by atoms with van der Waals surface area (Å²) >= 11 is 0. The Morgan fingerprint density at radius 2 is 2.15 bits per heavy atom. The van der Waals surface area contributed by atoms with Gasteiger partial charge in [0, 0.05) is 5.56 Å². The number of hydrogen-bond donors (Lipinski definition) is 2. The number of carbonyl (C=O) groups excluding carboxylic acids is 1. The third-order valence-electron chi connectivity index (χ3n) is 4.32. The van der Waals surface area contributed by atoms with Crippen molar-refractivity contribution in [2.75, 3.05) is 0 Å². The highest BCUT2D eigenvalue weighted by atomic mass is 16.5. The highest BCUT2D eigenvalue weighted by Crippen LogP contribution is 2.20. The van der Waals surface area contributed by atoms with Gasteiger partial charge < -0.3 is 14.8 Å². The van der Waals surface area contributed by atoms with Gasteiger partial charge in [0.05, 0.1) is 23.8 Å². The number of nitrogens with zero attached hydrogens (tertiary/aromatic N) is 3. The Morgan fingerprint density at radius 3 is 3.00 bits per heavy atom. The zero-order valence-electron chi connectivity index (χ0n) is 15.1. The Morgan fingerprint density at radius 1 is 1.26 bits per heavy atom. The second kappa shape index (κ2) is 7.03. The zero-order valence-corrected chi connectivity index (χ0v) is 15.1. The second-order valence-electron chi connectivity index (χ2n) is 6.55. The number of H-pyrrole nitrogens is 1. The van der Waals surface area contributed by atoms with Crippen LogP contribution in [0.3, 0.4) is 0 Å². The largest absolute Gasteiger partial charge is 0.345 e. The summed E-state index contributed by atoms with van der Waals surface area (Å²) in [5, 5.41) is 6.92. The van der Waals surface area contributed by atoms with Crippen molar-refractivity contribution in [3.63, 3.8) is 0 Å². The monoisotopic (exact) mass is 361 g/mol. The molecule has 2 heterocycles. The molecule has 0 fully saturated rings. The minimum Gasteiger partial charge on any atom is -0.345 e. The van der Waals surface area contributed by atoms with Crippen molar-refractivity contribution in [1.29, 1.82) is 0 Å². The summed E-state index contributed by atoms with van der Waals surface area (Å²) in [4.78, 5) is 24.0. The van der Waals surface area contributed by atoms with E-state index in [9.17, 15) is 4.79 Å². The number of aryl methyl sites for hydroxylation is 1. The molecule has 1 unspecified atom stereocenters. The highest BCUT2D eigenvalue weighted by Gasteiger charge is 2.17. The number of aromatic amines is 1. The third-order valence-corrected chi connectivity index (χ3v) is 4.32. The topological polar surface area (TPSA) is 96.7 Å². The van der Waals surface area contributed by atoms with Crippen LogP contribution in [0.5, 0.6) is 0 Å². The van der Waals surface area contributed by atoms with E-state index in [1.54, 1.807) is 6.33 Å². The van der Waals surface area contributed by atoms with E-state index in [1.165, 1.54) is 0 Å². The van der Waals surface area contributed by atoms with Gasteiger partial charge in [0.15, 0.2) is 0 Å². The molecule has 0 aliphatic heterocycles. The minimum atomic E-state index is -0.376. The molecule has 7 heteroatoms. The van der Waals surface area contributed by atoms with Crippen molar-refractivity contribution in [2.45, 2.75) is 26.3 Å². The van der Waals surface area contributed by atoms with E-state index in [-0.39, 0.29) is 18.4 Å². The minimum absolute atomic E-state index is 0.114. The summed E-state index contributed by atoms with van der Waals surface area (Å²) in [6, 6.07) is 13.2. The highest BCUT2D eigenvalue weighted by molar-refractivity contribution is 5.81. The fourth-order valence-corrected chi connectivity index (χ4v) is 2.94. The van der Waals surface area contributed by atoms with Crippen LogP contribution in [0.2, 0.25) is 0 Å². The van der Waals surface area contributed by atoms with Crippen LogP contribution in [-0.4, -0.2) is 26.0 Å². The van der Waals surface area contributed by atoms with Crippen molar-refractivity contribution < 1.29 is 9.32 Å². The van der Waals surface area contributed by atoms with Gasteiger partial charge in [-0.25, -0.2) is 4.98 Å². The number of hydrogen-bond acceptors (Lipinski definition) is 5. The number of carbonyl (C=O) groups is 1. The molecule has 4 rings (SSSR count). The number of nitrogens with one attached hydrogen (secondary N) is 2. The van der Waals surface area contributed by atoms with Gasteiger partial charge in [0.2, 0.25) is 17.6 Å². The van der Waals surface area contributed by atoms with Crippen molar-refractivity contribution in [2.24, 2.45) is 0 Å². The molecule has 0 aliphatic carbocycles. The normalized spacial score (nSPS) is 12.2. The molecule has 1 atom stereocenters. The average Bonchev–Trinajstić information content (AvgIpc) is 3.31. The first-order chi connectivity index (χ1) is 13.1. The van der Waals surface area contributed by atoms with Gasteiger partial charge in [-0.2, -0.15) is 4.98 Å². The predicted octanol–water partition coefficient (Wildman–Crippen LogP) is 3.34. The first kappa shape index (κ1) is 17.0. The van der Waals surface area contributed by atoms with Crippen LogP contribution in [0, 0.1) is 6.92 Å². The smallest absolute Gasteiger partial charge is 0.249 e. The summed E-state index contributed by atoms with van der Waals surface area (Å²) in [5.41, 5.74) is 4.70. The molecule has 0 bridgehead atoms. The van der Waals surface area contributed by atoms with Crippen LogP contribution in [0.1, 0.15) is 30.0 Å². The quantitative estimate of drug-likeness (QED) is 0.568. The lowest BCUT2D eigenvalue weighted by atomic mass is 10.1. The number of fused-ring (bicyclic) bond motifs is 1. The summed E-state index contributed by atoms with van der Waals surface area (Å²) in [6.45, 7) is 3.83. The first-order valence-corrected chi connectivity index (χ1v) is 8.70. The molecule has 0 radical (unpaired) electrons. The maximum atomic E-state index is 12.4. The van der Waals surface area contributed by atoms with Gasteiger partial charge in [-0.05, 0) is 37.6 Å². The molecule has 0 saturated heterocycles. The lowest BCUT2D eigenvalue weighted by molar-refractivity contribution is -0.121. The standard InChI is InChI=1S/C20H19N5O2/c1-12-4-3-5-15(8-12)19-24-20(27-25-19)13(2)23-18(26)10-14-6-7-16-17(9-14)22-11-21-16/h3-9,11,13H,10H2,1-2H3,(H,21,22)(H,23,26). The van der Waals surface area contributed by atoms with Crippen LogP contribution in [0.4, 0.5) is 0 Å². The van der Waals surface area contributed by atoms with Crippen LogP contribution in [-0.2, 0) is 11.2 Å². The predicted molar refractivity (Wildman–Crippen MR) is 101 cm³/mol. The number of benzene rings is 2. The lowest BCUT2D eigenvalue weighted by Crippen LogP contribution is -2.28. The molecular formula is C20H19N5O2. The van der Waals surface area contributed by atoms with Crippen molar-refractivity contribution >= 4 is 16.9 Å². The molecule has 1 amide bonds. The zero-order chi connectivity index (χ0) is 18.8. The molecule has 4 aromatic rings. The van der Waals surface area contributed by atoms with E-state index in [0.29, 0.717) is 11.7 Å². The van der Waals surface area contributed by atoms with Gasteiger partial charge in [0.25, 0.3) is 0 Å². The van der Waals surface area contributed by atoms with E-state index < -0.39 is 0 Å². The number of rotatable bonds is 5. The van der Waals surface area contributed by atoms with Gasteiger partial charge in [-0.3, -0.25) is 4.79 Å². The maximum absolute atomic E-state index is 12.4. The average molecular weight is 361 g/mol. The fourth-order valence-electron chi connectivity index (χ4n) is 2.94. The van der Waals surface area contributed by atoms with E-state index in [0.717, 1.165) is 27.7 Å². The Kier molecular flexibility index (Phi) is 4.42. The molecule has 0 aliphatic rings. The van der Waals surface area contributed by atoms with E-state index in [1.807, 2.05) is 56.3 Å². The molecule has 2 aromatic carbocycles. The molecule has 0 spiro atoms. The van der Waals surface area contributed by atoms with Gasteiger partial charge in [-0.1, -0.05) is 35.0 Å². The van der Waals surface area contributed by atoms with Gasteiger partial charge in [-0.15, -0.1) is 0 Å². The molecule has 136 valence electrons. The Bertz CT molecular complexity index is 1100. The number of imidazole rings is 1. The van der Waals surface area contributed by atoms with E-state index in [4.69, 9.17) is 4.52 Å². The van der Waals surface area contributed by atoms with Gasteiger partial charge >= 0.3 is 0 Å². The van der Waals surface area contributed by atoms with Crippen LogP contribution in [0.15, 0.2) is 53.3 Å². The number of amides is 1. The maximum Gasteiger partial charge on any atom is 0.249 e. The van der Waals surface area contributed by atoms with Crippen molar-refractivity contribution in [1.82, 2.24) is 25.4 Å². The summed E-state index contributed by atoms with van der Waals surface area (Å²) in [6.07, 6.45) is 1.90. The Balaban J connectivity index is 1.42.